The molecule has 0 unspecified atom stereocenters. The van der Waals surface area contributed by atoms with Gasteiger partial charge in [0, 0.05) is 38.8 Å². The summed E-state index contributed by atoms with van der Waals surface area (Å²) in [7, 11) is 3.38. The molecule has 2 heterocycles. The van der Waals surface area contributed by atoms with Crippen molar-refractivity contribution in [1.82, 2.24) is 19.9 Å². The van der Waals surface area contributed by atoms with Crippen LogP contribution in [0.2, 0.25) is 0 Å². The van der Waals surface area contributed by atoms with Crippen LogP contribution in [0.3, 0.4) is 0 Å². The summed E-state index contributed by atoms with van der Waals surface area (Å²) in [4.78, 5) is 20.4. The van der Waals surface area contributed by atoms with Crippen LogP contribution in [0.1, 0.15) is 27.4 Å². The fraction of sp³-hybridized carbons (Fsp3) is 0.174. The number of aryl methyl sites for hydroxylation is 1. The van der Waals surface area contributed by atoms with Crippen molar-refractivity contribution in [3.8, 4) is 11.5 Å². The molecule has 9 heteroatoms. The molecule has 0 radical (unpaired) electrons. The van der Waals surface area contributed by atoms with Gasteiger partial charge in [-0.15, -0.1) is 0 Å². The second-order valence-electron chi connectivity index (χ2n) is 7.17. The minimum absolute atomic E-state index is 0.239. The van der Waals surface area contributed by atoms with Crippen molar-refractivity contribution < 1.29 is 22.7 Å². The van der Waals surface area contributed by atoms with Crippen LogP contribution < -0.4 is 10.1 Å². The van der Waals surface area contributed by atoms with Gasteiger partial charge in [0.1, 0.15) is 23.0 Å². The smallest absolute Gasteiger partial charge is 0.416 e. The summed E-state index contributed by atoms with van der Waals surface area (Å²) in [5.74, 6) is 1.39. The first-order valence-electron chi connectivity index (χ1n) is 9.72. The number of hydrogen-bond donors (Lipinski definition) is 1. The number of ether oxygens (including phenoxy) is 1. The number of fused-ring (bicyclic) bond motifs is 1. The van der Waals surface area contributed by atoms with E-state index < -0.39 is 11.7 Å². The highest BCUT2D eigenvalue weighted by atomic mass is 19.4. The molecule has 0 fully saturated rings. The van der Waals surface area contributed by atoms with Crippen LogP contribution in [0.15, 0.2) is 60.8 Å². The van der Waals surface area contributed by atoms with Gasteiger partial charge in [-0.05, 0) is 35.9 Å². The molecule has 0 bridgehead atoms. The van der Waals surface area contributed by atoms with Crippen LogP contribution in [0.4, 0.5) is 13.2 Å². The Morgan fingerprint density at radius 3 is 2.47 bits per heavy atom. The number of aromatic nitrogens is 3. The third-order valence-corrected chi connectivity index (χ3v) is 5.02. The molecule has 1 N–H and O–H groups in total. The highest BCUT2D eigenvalue weighted by Gasteiger charge is 2.30. The standard InChI is InChI=1S/C23H19F3N4O2/c1-27-22(31)19-13-17(9-10-28-19)32-16-7-8-20-18(12-16)29-21(30(20)2)11-14-3-5-15(6-4-14)23(24,25)26/h3-10,12-13H,11H2,1-2H3,(H,27,31). The summed E-state index contributed by atoms with van der Waals surface area (Å²) in [6, 6.07) is 13.7. The number of alkyl halides is 3. The van der Waals surface area contributed by atoms with E-state index in [1.54, 1.807) is 18.2 Å². The van der Waals surface area contributed by atoms with Gasteiger partial charge in [0.25, 0.3) is 5.91 Å². The lowest BCUT2D eigenvalue weighted by molar-refractivity contribution is -0.137. The van der Waals surface area contributed by atoms with Crippen LogP contribution in [0.25, 0.3) is 11.0 Å². The normalized spacial score (nSPS) is 11.5. The van der Waals surface area contributed by atoms with E-state index in [1.807, 2.05) is 17.7 Å². The van der Waals surface area contributed by atoms with Crippen LogP contribution in [0, 0.1) is 0 Å². The Bertz CT molecular complexity index is 1280. The molecule has 4 rings (SSSR count). The Balaban J connectivity index is 1.56. The molecule has 0 saturated carbocycles. The molecule has 2 aromatic carbocycles. The topological polar surface area (TPSA) is 69.0 Å². The zero-order valence-corrected chi connectivity index (χ0v) is 17.3. The fourth-order valence-corrected chi connectivity index (χ4v) is 3.31. The predicted molar refractivity (Wildman–Crippen MR) is 113 cm³/mol. The Morgan fingerprint density at radius 2 is 1.78 bits per heavy atom. The first kappa shape index (κ1) is 21.4. The number of nitrogens with one attached hydrogen (secondary N) is 1. The summed E-state index contributed by atoms with van der Waals surface area (Å²) in [6.07, 6.45) is -2.48. The molecule has 6 nitrogen and oxygen atoms in total. The van der Waals surface area contributed by atoms with Crippen molar-refractivity contribution in [1.29, 1.82) is 0 Å². The number of carbonyl (C=O) groups excluding carboxylic acids is 1. The van der Waals surface area contributed by atoms with Crippen molar-refractivity contribution in [2.24, 2.45) is 7.05 Å². The van der Waals surface area contributed by atoms with Crippen molar-refractivity contribution in [2.45, 2.75) is 12.6 Å². The molecule has 0 spiro atoms. The van der Waals surface area contributed by atoms with Gasteiger partial charge in [-0.25, -0.2) is 4.98 Å². The van der Waals surface area contributed by atoms with E-state index in [0.717, 1.165) is 23.2 Å². The van der Waals surface area contributed by atoms with Crippen molar-refractivity contribution >= 4 is 16.9 Å². The second kappa shape index (κ2) is 8.33. The van der Waals surface area contributed by atoms with Gasteiger partial charge in [0.15, 0.2) is 0 Å². The van der Waals surface area contributed by atoms with E-state index in [1.165, 1.54) is 31.4 Å². The van der Waals surface area contributed by atoms with Crippen LogP contribution in [0.5, 0.6) is 11.5 Å². The highest BCUT2D eigenvalue weighted by molar-refractivity contribution is 5.92. The second-order valence-corrected chi connectivity index (χ2v) is 7.17. The molecule has 164 valence electrons. The molecule has 0 saturated heterocycles. The molecule has 0 aliphatic rings. The average Bonchev–Trinajstić information content (AvgIpc) is 3.07. The van der Waals surface area contributed by atoms with Gasteiger partial charge in [-0.2, -0.15) is 13.2 Å². The minimum Gasteiger partial charge on any atom is -0.457 e. The lowest BCUT2D eigenvalue weighted by atomic mass is 10.1. The number of imidazole rings is 1. The van der Waals surface area contributed by atoms with Crippen molar-refractivity contribution in [2.75, 3.05) is 7.05 Å². The number of carbonyl (C=O) groups is 1. The zero-order valence-electron chi connectivity index (χ0n) is 17.3. The van der Waals surface area contributed by atoms with Gasteiger partial charge in [-0.3, -0.25) is 9.78 Å². The number of amides is 1. The first-order chi connectivity index (χ1) is 15.2. The van der Waals surface area contributed by atoms with Gasteiger partial charge in [-0.1, -0.05) is 12.1 Å². The molecule has 4 aromatic rings. The van der Waals surface area contributed by atoms with Crippen molar-refractivity contribution in [3.05, 3.63) is 83.4 Å². The third-order valence-electron chi connectivity index (χ3n) is 5.02. The highest BCUT2D eigenvalue weighted by Crippen LogP contribution is 2.30. The first-order valence-corrected chi connectivity index (χ1v) is 9.72. The number of halogens is 3. The Kier molecular flexibility index (Phi) is 5.56. The molecular weight excluding hydrogens is 421 g/mol. The van der Waals surface area contributed by atoms with E-state index >= 15 is 0 Å². The summed E-state index contributed by atoms with van der Waals surface area (Å²) in [5.41, 5.74) is 1.84. The number of pyridine rings is 1. The van der Waals surface area contributed by atoms with Gasteiger partial charge < -0.3 is 14.6 Å². The fourth-order valence-electron chi connectivity index (χ4n) is 3.31. The van der Waals surface area contributed by atoms with Crippen LogP contribution >= 0.6 is 0 Å². The zero-order chi connectivity index (χ0) is 22.9. The van der Waals surface area contributed by atoms with Crippen LogP contribution in [-0.4, -0.2) is 27.5 Å². The third kappa shape index (κ3) is 4.41. The predicted octanol–water partition coefficient (Wildman–Crippen LogP) is 4.73. The summed E-state index contributed by atoms with van der Waals surface area (Å²) >= 11 is 0. The Hall–Kier alpha value is -3.88. The molecule has 0 aliphatic carbocycles. The number of nitrogens with zero attached hydrogens (tertiary/aromatic N) is 3. The van der Waals surface area contributed by atoms with E-state index in [9.17, 15) is 18.0 Å². The number of benzene rings is 2. The molecule has 0 aliphatic heterocycles. The molecular formula is C23H19F3N4O2. The van der Waals surface area contributed by atoms with E-state index in [4.69, 9.17) is 4.74 Å². The van der Waals surface area contributed by atoms with Crippen LogP contribution in [-0.2, 0) is 19.6 Å². The monoisotopic (exact) mass is 440 g/mol. The van der Waals surface area contributed by atoms with E-state index in [2.05, 4.69) is 15.3 Å². The van der Waals surface area contributed by atoms with Gasteiger partial charge in [0.2, 0.25) is 0 Å². The maximum atomic E-state index is 12.8. The van der Waals surface area contributed by atoms with E-state index in [-0.39, 0.29) is 11.6 Å². The maximum absolute atomic E-state index is 12.8. The number of hydrogen-bond acceptors (Lipinski definition) is 4. The number of rotatable bonds is 5. The molecule has 1 amide bonds. The Morgan fingerprint density at radius 1 is 1.06 bits per heavy atom. The van der Waals surface area contributed by atoms with Gasteiger partial charge >= 0.3 is 6.18 Å². The summed E-state index contributed by atoms with van der Waals surface area (Å²) in [6.45, 7) is 0. The lowest BCUT2D eigenvalue weighted by Crippen LogP contribution is -2.18. The molecule has 0 atom stereocenters. The lowest BCUT2D eigenvalue weighted by Gasteiger charge is -2.08. The summed E-state index contributed by atoms with van der Waals surface area (Å²) < 4.78 is 46.1. The Labute approximate surface area is 181 Å². The maximum Gasteiger partial charge on any atom is 0.416 e. The minimum atomic E-state index is -4.36. The SMILES string of the molecule is CNC(=O)c1cc(Oc2ccc3c(c2)nc(Cc2ccc(C(F)(F)F)cc2)n3C)ccn1. The molecule has 2 aromatic heterocycles. The van der Waals surface area contributed by atoms with Gasteiger partial charge in [0.05, 0.1) is 16.6 Å². The quantitative estimate of drug-likeness (QED) is 0.487. The average molecular weight is 440 g/mol. The van der Waals surface area contributed by atoms with E-state index in [0.29, 0.717) is 29.3 Å². The molecule has 32 heavy (non-hydrogen) atoms. The van der Waals surface area contributed by atoms with Crippen molar-refractivity contribution in [3.63, 3.8) is 0 Å². The summed E-state index contributed by atoms with van der Waals surface area (Å²) in [5, 5.41) is 2.51. The largest absolute Gasteiger partial charge is 0.457 e.